The lowest BCUT2D eigenvalue weighted by Crippen LogP contribution is -2.44. The third kappa shape index (κ3) is 4.19. The van der Waals surface area contributed by atoms with E-state index in [2.05, 4.69) is 20.8 Å². The number of amides is 2. The number of rotatable bonds is 6. The molecular formula is C17H28N6O2. The first-order valence-electron chi connectivity index (χ1n) is 8.41. The number of hydrogen-bond donors (Lipinski definition) is 3. The average Bonchev–Trinajstić information content (AvgIpc) is 3.08. The minimum Gasteiger partial charge on any atom is -0.383 e. The Kier molecular flexibility index (Phi) is 5.52. The van der Waals surface area contributed by atoms with E-state index in [0.717, 1.165) is 23.4 Å². The number of nitrogens with one attached hydrogen (secondary N) is 2. The maximum atomic E-state index is 12.3. The maximum absolute atomic E-state index is 12.3. The van der Waals surface area contributed by atoms with Crippen LogP contribution in [0.5, 0.6) is 0 Å². The Balaban J connectivity index is 2.01. The van der Waals surface area contributed by atoms with Gasteiger partial charge in [0.1, 0.15) is 5.60 Å². The number of nitrogens with zero attached hydrogens (tertiary/aromatic N) is 4. The van der Waals surface area contributed by atoms with Crippen molar-refractivity contribution in [3.8, 4) is 0 Å². The lowest BCUT2D eigenvalue weighted by atomic mass is 10.00. The maximum Gasteiger partial charge on any atom is 0.315 e. The Bertz CT molecular complexity index is 746. The molecule has 0 aliphatic heterocycles. The Morgan fingerprint density at radius 2 is 2.08 bits per heavy atom. The molecule has 138 valence electrons. The largest absolute Gasteiger partial charge is 0.383 e. The number of urea groups is 1. The van der Waals surface area contributed by atoms with E-state index in [9.17, 15) is 9.90 Å². The molecule has 3 N–H and O–H groups in total. The van der Waals surface area contributed by atoms with Gasteiger partial charge in [-0.2, -0.15) is 10.2 Å². The van der Waals surface area contributed by atoms with Crippen molar-refractivity contribution < 1.29 is 9.90 Å². The minimum atomic E-state index is -1.19. The van der Waals surface area contributed by atoms with Crippen LogP contribution in [0.15, 0.2) is 12.4 Å². The van der Waals surface area contributed by atoms with Crippen molar-refractivity contribution in [1.29, 1.82) is 0 Å². The molecule has 0 aliphatic carbocycles. The van der Waals surface area contributed by atoms with Crippen LogP contribution in [0.1, 0.15) is 48.8 Å². The predicted octanol–water partition coefficient (Wildman–Crippen LogP) is 1.43. The first kappa shape index (κ1) is 19.0. The zero-order chi connectivity index (χ0) is 18.8. The monoisotopic (exact) mass is 348 g/mol. The van der Waals surface area contributed by atoms with Gasteiger partial charge in [-0.15, -0.1) is 0 Å². The topological polar surface area (TPSA) is 97.0 Å². The third-order valence-electron chi connectivity index (χ3n) is 4.55. The number of aliphatic hydroxyl groups is 1. The molecule has 2 amide bonds. The van der Waals surface area contributed by atoms with E-state index >= 15 is 0 Å². The molecule has 2 unspecified atom stereocenters. The van der Waals surface area contributed by atoms with Crippen molar-refractivity contribution in [2.45, 2.75) is 45.8 Å². The van der Waals surface area contributed by atoms with Crippen LogP contribution in [0.3, 0.4) is 0 Å². The summed E-state index contributed by atoms with van der Waals surface area (Å²) in [4.78, 5) is 12.3. The van der Waals surface area contributed by atoms with Gasteiger partial charge in [-0.25, -0.2) is 4.79 Å². The molecule has 2 heterocycles. The summed E-state index contributed by atoms with van der Waals surface area (Å²) >= 11 is 0. The Labute approximate surface area is 148 Å². The summed E-state index contributed by atoms with van der Waals surface area (Å²) in [6.07, 6.45) is 4.08. The summed E-state index contributed by atoms with van der Waals surface area (Å²) in [5.41, 5.74) is 2.45. The van der Waals surface area contributed by atoms with Crippen molar-refractivity contribution in [2.75, 3.05) is 6.54 Å². The summed E-state index contributed by atoms with van der Waals surface area (Å²) in [5, 5.41) is 24.7. The van der Waals surface area contributed by atoms with Crippen molar-refractivity contribution in [2.24, 2.45) is 14.1 Å². The van der Waals surface area contributed by atoms with Crippen LogP contribution >= 0.6 is 0 Å². The summed E-state index contributed by atoms with van der Waals surface area (Å²) in [5.74, 6) is 0. The zero-order valence-electron chi connectivity index (χ0n) is 15.8. The van der Waals surface area contributed by atoms with Gasteiger partial charge in [0.2, 0.25) is 0 Å². The van der Waals surface area contributed by atoms with Crippen LogP contribution < -0.4 is 10.6 Å². The number of aromatic nitrogens is 4. The molecule has 0 fully saturated rings. The molecule has 2 rings (SSSR count). The van der Waals surface area contributed by atoms with Gasteiger partial charge in [-0.3, -0.25) is 9.36 Å². The van der Waals surface area contributed by atoms with Gasteiger partial charge in [-0.1, -0.05) is 6.92 Å². The van der Waals surface area contributed by atoms with E-state index in [4.69, 9.17) is 0 Å². The zero-order valence-corrected chi connectivity index (χ0v) is 15.8. The van der Waals surface area contributed by atoms with Crippen molar-refractivity contribution >= 4 is 6.03 Å². The van der Waals surface area contributed by atoms with E-state index in [1.807, 2.05) is 32.5 Å². The molecule has 0 aromatic carbocycles. The molecule has 2 atom stereocenters. The fourth-order valence-corrected chi connectivity index (χ4v) is 2.94. The molecular weight excluding hydrogens is 320 g/mol. The van der Waals surface area contributed by atoms with Crippen molar-refractivity contribution in [3.63, 3.8) is 0 Å². The summed E-state index contributed by atoms with van der Waals surface area (Å²) in [6.45, 7) is 7.69. The van der Waals surface area contributed by atoms with Gasteiger partial charge in [0, 0.05) is 37.1 Å². The SMILES string of the molecule is CCC(NC(=O)NCC(C)(O)c1cnn(C)c1)c1c(C)nn(C)c1C. The predicted molar refractivity (Wildman–Crippen MR) is 95.0 cm³/mol. The summed E-state index contributed by atoms with van der Waals surface area (Å²) < 4.78 is 3.44. The Hall–Kier alpha value is -2.35. The Morgan fingerprint density at radius 1 is 1.40 bits per heavy atom. The van der Waals surface area contributed by atoms with E-state index in [0.29, 0.717) is 5.56 Å². The van der Waals surface area contributed by atoms with E-state index < -0.39 is 5.60 Å². The molecule has 8 heteroatoms. The average molecular weight is 348 g/mol. The van der Waals surface area contributed by atoms with Crippen LogP contribution in [-0.2, 0) is 19.7 Å². The summed E-state index contributed by atoms with van der Waals surface area (Å²) in [6, 6.07) is -0.448. The van der Waals surface area contributed by atoms with Crippen LogP contribution in [0.25, 0.3) is 0 Å². The highest BCUT2D eigenvalue weighted by Gasteiger charge is 2.26. The van der Waals surface area contributed by atoms with Crippen LogP contribution in [0.2, 0.25) is 0 Å². The van der Waals surface area contributed by atoms with Gasteiger partial charge in [0.25, 0.3) is 0 Å². The smallest absolute Gasteiger partial charge is 0.315 e. The fourth-order valence-electron chi connectivity index (χ4n) is 2.94. The van der Waals surface area contributed by atoms with Gasteiger partial charge >= 0.3 is 6.03 Å². The van der Waals surface area contributed by atoms with E-state index in [-0.39, 0.29) is 18.6 Å². The highest BCUT2D eigenvalue weighted by Crippen LogP contribution is 2.24. The van der Waals surface area contributed by atoms with Gasteiger partial charge in [0.15, 0.2) is 0 Å². The highest BCUT2D eigenvalue weighted by molar-refractivity contribution is 5.74. The summed E-state index contributed by atoms with van der Waals surface area (Å²) in [7, 11) is 3.67. The fraction of sp³-hybridized carbons (Fsp3) is 0.588. The van der Waals surface area contributed by atoms with Crippen molar-refractivity contribution in [1.82, 2.24) is 30.2 Å². The van der Waals surface area contributed by atoms with Crippen LogP contribution in [0.4, 0.5) is 4.79 Å². The molecule has 8 nitrogen and oxygen atoms in total. The van der Waals surface area contributed by atoms with Gasteiger partial charge in [0.05, 0.1) is 24.5 Å². The standard InChI is InChI=1S/C17H28N6O2/c1-7-14(15-11(2)21-23(6)12(15)3)20-16(24)18-10-17(4,25)13-8-19-22(5)9-13/h8-9,14,25H,7,10H2,1-6H3,(H2,18,20,24). The van der Waals surface area contributed by atoms with Gasteiger partial charge < -0.3 is 15.7 Å². The van der Waals surface area contributed by atoms with E-state index in [1.165, 1.54) is 0 Å². The molecule has 0 bridgehead atoms. The molecule has 2 aromatic heterocycles. The molecule has 0 spiro atoms. The number of carbonyl (C=O) groups excluding carboxylic acids is 1. The van der Waals surface area contributed by atoms with Crippen LogP contribution in [0, 0.1) is 13.8 Å². The second kappa shape index (κ2) is 7.26. The first-order chi connectivity index (χ1) is 11.7. The second-order valence-electron chi connectivity index (χ2n) is 6.67. The normalized spacial score (nSPS) is 14.8. The first-order valence-corrected chi connectivity index (χ1v) is 8.41. The van der Waals surface area contributed by atoms with Gasteiger partial charge in [-0.05, 0) is 27.2 Å². The number of hydrogen-bond acceptors (Lipinski definition) is 4. The van der Waals surface area contributed by atoms with E-state index in [1.54, 1.807) is 31.0 Å². The molecule has 0 aliphatic rings. The lowest BCUT2D eigenvalue weighted by molar-refractivity contribution is 0.0592. The third-order valence-corrected chi connectivity index (χ3v) is 4.55. The molecule has 0 radical (unpaired) electrons. The molecule has 0 saturated heterocycles. The molecule has 2 aromatic rings. The quantitative estimate of drug-likeness (QED) is 0.736. The molecule has 0 saturated carbocycles. The Morgan fingerprint density at radius 3 is 2.56 bits per heavy atom. The lowest BCUT2D eigenvalue weighted by Gasteiger charge is -2.24. The number of carbonyl (C=O) groups is 1. The molecule has 25 heavy (non-hydrogen) atoms. The van der Waals surface area contributed by atoms with Crippen LogP contribution in [-0.4, -0.2) is 37.2 Å². The number of aryl methyl sites for hydroxylation is 3. The second-order valence-corrected chi connectivity index (χ2v) is 6.67. The highest BCUT2D eigenvalue weighted by atomic mass is 16.3. The minimum absolute atomic E-state index is 0.0893. The van der Waals surface area contributed by atoms with Crippen molar-refractivity contribution in [3.05, 3.63) is 34.9 Å².